The van der Waals surface area contributed by atoms with E-state index in [4.69, 9.17) is 9.47 Å². The molecule has 8 heteroatoms. The van der Waals surface area contributed by atoms with E-state index in [1.807, 2.05) is 18.2 Å². The van der Waals surface area contributed by atoms with Crippen molar-refractivity contribution < 1.29 is 24.2 Å². The van der Waals surface area contributed by atoms with Gasteiger partial charge in [-0.15, -0.1) is 0 Å². The summed E-state index contributed by atoms with van der Waals surface area (Å²) >= 11 is 0. The highest BCUT2D eigenvalue weighted by Crippen LogP contribution is 2.28. The third kappa shape index (κ3) is 5.28. The lowest BCUT2D eigenvalue weighted by Crippen LogP contribution is -2.38. The largest absolute Gasteiger partial charge is 0.546 e. The molecule has 0 aromatic heterocycles. The smallest absolute Gasteiger partial charge is 0.259 e. The molecule has 8 nitrogen and oxygen atoms in total. The summed E-state index contributed by atoms with van der Waals surface area (Å²) in [6.45, 7) is 2.25. The summed E-state index contributed by atoms with van der Waals surface area (Å²) in [6, 6.07) is 13.1. The van der Waals surface area contributed by atoms with E-state index in [9.17, 15) is 14.7 Å². The molecule has 0 spiro atoms. The molecule has 1 heterocycles. The fourth-order valence-corrected chi connectivity index (χ4v) is 3.34. The van der Waals surface area contributed by atoms with Gasteiger partial charge >= 0.3 is 0 Å². The van der Waals surface area contributed by atoms with Crippen molar-refractivity contribution >= 4 is 23.3 Å². The first-order valence-corrected chi connectivity index (χ1v) is 9.65. The predicted molar refractivity (Wildman–Crippen MR) is 111 cm³/mol. The summed E-state index contributed by atoms with van der Waals surface area (Å²) in [4.78, 5) is 25.0. The minimum absolute atomic E-state index is 0.202. The van der Waals surface area contributed by atoms with Gasteiger partial charge in [-0.2, -0.15) is 5.10 Å². The number of carboxylic acid groups (broad SMARTS) is 1. The van der Waals surface area contributed by atoms with E-state index < -0.39 is 12.6 Å². The number of carbonyl (C=O) groups excluding carboxylic acids is 2. The first kappa shape index (κ1) is 21.2. The van der Waals surface area contributed by atoms with Gasteiger partial charge in [-0.1, -0.05) is 18.2 Å². The lowest BCUT2D eigenvalue weighted by Gasteiger charge is -2.30. The van der Waals surface area contributed by atoms with Gasteiger partial charge in [-0.05, 0) is 49.6 Å². The molecule has 1 aliphatic rings. The van der Waals surface area contributed by atoms with Gasteiger partial charge in [0.1, 0.15) is 6.61 Å². The first-order valence-electron chi connectivity index (χ1n) is 9.65. The maximum atomic E-state index is 12.4. The first-order chi connectivity index (χ1) is 14.5. The molecule has 3 rings (SSSR count). The van der Waals surface area contributed by atoms with Crippen molar-refractivity contribution in [1.82, 2.24) is 5.43 Å². The fourth-order valence-electron chi connectivity index (χ4n) is 3.34. The Labute approximate surface area is 175 Å². The molecule has 0 fully saturated rings. The number of benzene rings is 2. The molecule has 30 heavy (non-hydrogen) atoms. The number of aryl methyl sites for hydroxylation is 1. The van der Waals surface area contributed by atoms with Crippen LogP contribution in [0.25, 0.3) is 0 Å². The van der Waals surface area contributed by atoms with Gasteiger partial charge in [-0.3, -0.25) is 4.79 Å². The molecule has 158 valence electrons. The third-order valence-corrected chi connectivity index (χ3v) is 4.82. The highest BCUT2D eigenvalue weighted by molar-refractivity contribution is 6.00. The van der Waals surface area contributed by atoms with E-state index in [0.717, 1.165) is 25.1 Å². The zero-order valence-corrected chi connectivity index (χ0v) is 17.0. The second-order valence-electron chi connectivity index (χ2n) is 6.91. The number of para-hydroxylation sites is 1. The van der Waals surface area contributed by atoms with Gasteiger partial charge < -0.3 is 24.3 Å². The summed E-state index contributed by atoms with van der Waals surface area (Å²) in [6.07, 6.45) is 2.04. The van der Waals surface area contributed by atoms with Gasteiger partial charge in [0.2, 0.25) is 0 Å². The van der Waals surface area contributed by atoms with Crippen LogP contribution in [0.5, 0.6) is 11.5 Å². The van der Waals surface area contributed by atoms with E-state index in [-0.39, 0.29) is 18.2 Å². The Balaban J connectivity index is 1.63. The van der Waals surface area contributed by atoms with Crippen LogP contribution < -0.4 is 24.9 Å². The summed E-state index contributed by atoms with van der Waals surface area (Å²) in [5, 5.41) is 14.8. The van der Waals surface area contributed by atoms with Crippen LogP contribution in [0.15, 0.2) is 47.6 Å². The highest BCUT2D eigenvalue weighted by Gasteiger charge is 2.18. The van der Waals surface area contributed by atoms with E-state index in [0.29, 0.717) is 17.0 Å². The predicted octanol–water partition coefficient (Wildman–Crippen LogP) is 1.12. The number of hydrazone groups is 1. The van der Waals surface area contributed by atoms with Crippen molar-refractivity contribution in [3.63, 3.8) is 0 Å². The molecular formula is C22H24N3O5-. The van der Waals surface area contributed by atoms with Crippen LogP contribution in [-0.4, -0.2) is 44.4 Å². The summed E-state index contributed by atoms with van der Waals surface area (Å²) in [7, 11) is 1.45. The van der Waals surface area contributed by atoms with Crippen LogP contribution in [0, 0.1) is 0 Å². The molecule has 2 aromatic rings. The number of amides is 1. The molecule has 0 aliphatic carbocycles. The van der Waals surface area contributed by atoms with Gasteiger partial charge in [-0.25, -0.2) is 5.43 Å². The second kappa shape index (κ2) is 9.78. The standard InChI is InChI=1S/C22H25N3O5/c1-15(17-9-10-19(20(12-17)29-2)30-14-22(27)28)23-24-21(26)13-25-11-5-7-16-6-3-4-8-18(16)25/h3-4,6,8-10,12H,5,7,11,13-14H2,1-2H3,(H,24,26)(H,27,28)/p-1/b23-15-. The van der Waals surface area contributed by atoms with Gasteiger partial charge in [0.15, 0.2) is 11.5 Å². The number of hydrogen-bond donors (Lipinski definition) is 1. The summed E-state index contributed by atoms with van der Waals surface area (Å²) in [5.41, 5.74) is 6.23. The number of nitrogens with one attached hydrogen (secondary N) is 1. The van der Waals surface area contributed by atoms with Crippen LogP contribution in [0.3, 0.4) is 0 Å². The molecule has 0 unspecified atom stereocenters. The Kier molecular flexibility index (Phi) is 6.90. The SMILES string of the molecule is COc1cc(/C(C)=N\NC(=O)CN2CCCc3ccccc32)ccc1OCC(=O)[O-]. The average Bonchev–Trinajstić information content (AvgIpc) is 2.76. The van der Waals surface area contributed by atoms with Crippen molar-refractivity contribution in [3.8, 4) is 11.5 Å². The minimum atomic E-state index is -1.32. The quantitative estimate of drug-likeness (QED) is 0.517. The molecule has 0 saturated carbocycles. The number of fused-ring (bicyclic) bond motifs is 1. The van der Waals surface area contributed by atoms with Crippen LogP contribution >= 0.6 is 0 Å². The maximum Gasteiger partial charge on any atom is 0.259 e. The van der Waals surface area contributed by atoms with Crippen LogP contribution in [-0.2, 0) is 16.0 Å². The lowest BCUT2D eigenvalue weighted by molar-refractivity contribution is -0.307. The molecule has 0 saturated heterocycles. The highest BCUT2D eigenvalue weighted by atomic mass is 16.5. The van der Waals surface area contributed by atoms with E-state index in [1.165, 1.54) is 12.7 Å². The molecule has 1 amide bonds. The number of nitrogens with zero attached hydrogens (tertiary/aromatic N) is 2. The number of anilines is 1. The van der Waals surface area contributed by atoms with Crippen molar-refractivity contribution in [2.75, 3.05) is 31.7 Å². The Morgan fingerprint density at radius 2 is 2.00 bits per heavy atom. The zero-order chi connectivity index (χ0) is 21.5. The molecule has 2 aromatic carbocycles. The number of methoxy groups -OCH3 is 1. The lowest BCUT2D eigenvalue weighted by atomic mass is 10.0. The molecule has 1 N–H and O–H groups in total. The maximum absolute atomic E-state index is 12.4. The fraction of sp³-hybridized carbons (Fsp3) is 0.318. The van der Waals surface area contributed by atoms with Gasteiger partial charge in [0, 0.05) is 17.8 Å². The number of aliphatic carboxylic acids is 1. The van der Waals surface area contributed by atoms with Crippen LogP contribution in [0.4, 0.5) is 5.69 Å². The van der Waals surface area contributed by atoms with Crippen molar-refractivity contribution in [1.29, 1.82) is 0 Å². The monoisotopic (exact) mass is 410 g/mol. The van der Waals surface area contributed by atoms with E-state index in [1.54, 1.807) is 25.1 Å². The molecule has 0 bridgehead atoms. The van der Waals surface area contributed by atoms with Crippen molar-refractivity contribution in [2.45, 2.75) is 19.8 Å². The Morgan fingerprint density at radius 1 is 1.20 bits per heavy atom. The normalized spacial score (nSPS) is 13.4. The Morgan fingerprint density at radius 3 is 2.77 bits per heavy atom. The molecule has 0 atom stereocenters. The number of carbonyl (C=O) groups is 2. The van der Waals surface area contributed by atoms with Gasteiger partial charge in [0.05, 0.1) is 25.3 Å². The second-order valence-corrected chi connectivity index (χ2v) is 6.91. The average molecular weight is 410 g/mol. The van der Waals surface area contributed by atoms with Crippen molar-refractivity contribution in [2.24, 2.45) is 5.10 Å². The number of ether oxygens (including phenoxy) is 2. The molecule has 0 radical (unpaired) electrons. The summed E-state index contributed by atoms with van der Waals surface area (Å²) in [5.74, 6) is -0.879. The topological polar surface area (TPSA) is 103 Å². The third-order valence-electron chi connectivity index (χ3n) is 4.82. The Bertz CT molecular complexity index is 958. The number of rotatable bonds is 8. The minimum Gasteiger partial charge on any atom is -0.546 e. The Hall–Kier alpha value is -3.55. The summed E-state index contributed by atoms with van der Waals surface area (Å²) < 4.78 is 10.4. The van der Waals surface area contributed by atoms with Crippen molar-refractivity contribution in [3.05, 3.63) is 53.6 Å². The molecular weight excluding hydrogens is 386 g/mol. The number of carboxylic acids is 1. The van der Waals surface area contributed by atoms with E-state index >= 15 is 0 Å². The van der Waals surface area contributed by atoms with Crippen LogP contribution in [0.2, 0.25) is 0 Å². The molecule has 1 aliphatic heterocycles. The number of hydrogen-bond acceptors (Lipinski definition) is 7. The van der Waals surface area contributed by atoms with E-state index in [2.05, 4.69) is 21.5 Å². The van der Waals surface area contributed by atoms with Gasteiger partial charge in [0.25, 0.3) is 5.91 Å². The zero-order valence-electron chi connectivity index (χ0n) is 17.0. The van der Waals surface area contributed by atoms with Crippen LogP contribution in [0.1, 0.15) is 24.5 Å².